The van der Waals surface area contributed by atoms with Crippen LogP contribution in [0, 0.1) is 23.2 Å². The summed E-state index contributed by atoms with van der Waals surface area (Å²) in [5.41, 5.74) is 0.241. The van der Waals surface area contributed by atoms with Crippen molar-refractivity contribution in [3.05, 3.63) is 11.6 Å². The molecule has 1 atom stereocenters. The molecule has 2 amide bonds. The van der Waals surface area contributed by atoms with Crippen LogP contribution in [0.15, 0.2) is 11.6 Å². The quantitative estimate of drug-likeness (QED) is 0.876. The van der Waals surface area contributed by atoms with Crippen LogP contribution < -0.4 is 5.32 Å². The summed E-state index contributed by atoms with van der Waals surface area (Å²) in [6, 6.07) is -0.319. The fraction of sp³-hybridized carbons (Fsp3) is 0.750. The van der Waals surface area contributed by atoms with Gasteiger partial charge in [-0.2, -0.15) is 0 Å². The van der Waals surface area contributed by atoms with Gasteiger partial charge in [0, 0.05) is 24.5 Å². The van der Waals surface area contributed by atoms with Gasteiger partial charge in [-0.1, -0.05) is 0 Å². The van der Waals surface area contributed by atoms with Gasteiger partial charge in [-0.15, -0.1) is 11.3 Å². The molecule has 4 saturated carbocycles. The molecule has 1 saturated heterocycles. The van der Waals surface area contributed by atoms with Crippen molar-refractivity contribution in [3.63, 3.8) is 0 Å². The Labute approximate surface area is 158 Å². The van der Waals surface area contributed by atoms with Crippen LogP contribution in [-0.2, 0) is 9.59 Å². The molecule has 6 rings (SSSR count). The second-order valence-electron chi connectivity index (χ2n) is 9.17. The first-order chi connectivity index (χ1) is 12.6. The molecule has 26 heavy (non-hydrogen) atoms. The van der Waals surface area contributed by atoms with Gasteiger partial charge in [0.2, 0.25) is 11.8 Å². The van der Waals surface area contributed by atoms with Crippen molar-refractivity contribution >= 4 is 28.3 Å². The third kappa shape index (κ3) is 2.96. The number of aromatic nitrogens is 1. The first kappa shape index (κ1) is 16.7. The van der Waals surface area contributed by atoms with Gasteiger partial charge in [-0.25, -0.2) is 4.98 Å². The lowest BCUT2D eigenvalue weighted by atomic mass is 9.49. The Hall–Kier alpha value is -1.43. The minimum absolute atomic E-state index is 0.0729. The highest BCUT2D eigenvalue weighted by Crippen LogP contribution is 2.61. The van der Waals surface area contributed by atoms with Crippen LogP contribution in [0.5, 0.6) is 0 Å². The molecule has 5 fully saturated rings. The maximum Gasteiger partial charge on any atom is 0.248 e. The molecule has 0 radical (unpaired) electrons. The van der Waals surface area contributed by atoms with E-state index in [0.717, 1.165) is 37.1 Å². The van der Waals surface area contributed by atoms with E-state index >= 15 is 0 Å². The Morgan fingerprint density at radius 1 is 1.19 bits per heavy atom. The van der Waals surface area contributed by atoms with Crippen molar-refractivity contribution in [2.45, 2.75) is 63.8 Å². The van der Waals surface area contributed by atoms with E-state index in [1.807, 2.05) is 10.3 Å². The van der Waals surface area contributed by atoms with Crippen LogP contribution in [0.2, 0.25) is 0 Å². The highest BCUT2D eigenvalue weighted by atomic mass is 32.1. The second kappa shape index (κ2) is 6.32. The molecular formula is C20H27N3O2S. The summed E-state index contributed by atoms with van der Waals surface area (Å²) in [6.45, 7) is 0.723. The molecule has 0 aromatic carbocycles. The van der Waals surface area contributed by atoms with Crippen LogP contribution in [-0.4, -0.2) is 34.3 Å². The summed E-state index contributed by atoms with van der Waals surface area (Å²) < 4.78 is 0. The van der Waals surface area contributed by atoms with Crippen LogP contribution in [0.25, 0.3) is 0 Å². The molecule has 4 aliphatic carbocycles. The highest BCUT2D eigenvalue weighted by Gasteiger charge is 2.52. The molecule has 5 nitrogen and oxygen atoms in total. The van der Waals surface area contributed by atoms with Crippen molar-refractivity contribution in [2.75, 3.05) is 11.9 Å². The van der Waals surface area contributed by atoms with E-state index in [-0.39, 0.29) is 23.3 Å². The predicted molar refractivity (Wildman–Crippen MR) is 101 cm³/mol. The Bertz CT molecular complexity index is 667. The number of likely N-dealkylation sites (tertiary alicyclic amines) is 1. The number of hydrogen-bond acceptors (Lipinski definition) is 4. The van der Waals surface area contributed by atoms with Crippen molar-refractivity contribution in [1.82, 2.24) is 9.88 Å². The van der Waals surface area contributed by atoms with Crippen molar-refractivity contribution < 1.29 is 9.59 Å². The third-order valence-corrected chi connectivity index (χ3v) is 7.92. The lowest BCUT2D eigenvalue weighted by molar-refractivity contribution is -0.143. The topological polar surface area (TPSA) is 62.3 Å². The van der Waals surface area contributed by atoms with E-state index in [0.29, 0.717) is 11.6 Å². The first-order valence-corrected chi connectivity index (χ1v) is 11.0. The van der Waals surface area contributed by atoms with E-state index in [1.54, 1.807) is 6.20 Å². The highest BCUT2D eigenvalue weighted by molar-refractivity contribution is 7.13. The van der Waals surface area contributed by atoms with E-state index < -0.39 is 0 Å². The van der Waals surface area contributed by atoms with Gasteiger partial charge in [-0.05, 0) is 74.5 Å². The van der Waals surface area contributed by atoms with Crippen LogP contribution >= 0.6 is 11.3 Å². The summed E-state index contributed by atoms with van der Waals surface area (Å²) in [4.78, 5) is 31.8. The van der Waals surface area contributed by atoms with Gasteiger partial charge in [0.15, 0.2) is 5.13 Å². The number of carbonyl (C=O) groups excluding carboxylic acids is 2. The van der Waals surface area contributed by atoms with Gasteiger partial charge in [-0.3, -0.25) is 9.59 Å². The number of anilines is 1. The Balaban J connectivity index is 1.27. The van der Waals surface area contributed by atoms with Crippen LogP contribution in [0.1, 0.15) is 57.8 Å². The summed E-state index contributed by atoms with van der Waals surface area (Å²) in [5, 5.41) is 5.35. The second-order valence-corrected chi connectivity index (χ2v) is 10.1. The number of hydrogen-bond donors (Lipinski definition) is 1. The zero-order chi connectivity index (χ0) is 17.7. The number of nitrogens with one attached hydrogen (secondary N) is 1. The molecule has 4 bridgehead atoms. The van der Waals surface area contributed by atoms with Gasteiger partial charge in [0.25, 0.3) is 0 Å². The normalized spacial score (nSPS) is 37.9. The van der Waals surface area contributed by atoms with Crippen molar-refractivity contribution in [3.8, 4) is 0 Å². The summed E-state index contributed by atoms with van der Waals surface area (Å²) in [7, 11) is 0. The first-order valence-electron chi connectivity index (χ1n) is 10.1. The molecule has 2 heterocycles. The van der Waals surface area contributed by atoms with Gasteiger partial charge < -0.3 is 10.2 Å². The zero-order valence-electron chi connectivity index (χ0n) is 15.2. The molecule has 1 aromatic heterocycles. The monoisotopic (exact) mass is 373 g/mol. The summed E-state index contributed by atoms with van der Waals surface area (Å²) in [5.74, 6) is 2.71. The maximum absolute atomic E-state index is 13.2. The fourth-order valence-electron chi connectivity index (χ4n) is 6.74. The smallest absolute Gasteiger partial charge is 0.248 e. The van der Waals surface area contributed by atoms with E-state index in [9.17, 15) is 9.59 Å². The van der Waals surface area contributed by atoms with Gasteiger partial charge >= 0.3 is 0 Å². The lowest BCUT2D eigenvalue weighted by Gasteiger charge is -2.57. The predicted octanol–water partition coefficient (Wildman–Crippen LogP) is 3.68. The molecule has 140 valence electrons. The molecule has 0 spiro atoms. The maximum atomic E-state index is 13.2. The molecule has 1 N–H and O–H groups in total. The van der Waals surface area contributed by atoms with Gasteiger partial charge in [0.1, 0.15) is 6.04 Å². The van der Waals surface area contributed by atoms with E-state index in [2.05, 4.69) is 10.3 Å². The zero-order valence-corrected chi connectivity index (χ0v) is 16.0. The molecule has 1 aliphatic heterocycles. The number of amides is 2. The summed E-state index contributed by atoms with van der Waals surface area (Å²) in [6.07, 6.45) is 12.0. The summed E-state index contributed by atoms with van der Waals surface area (Å²) >= 11 is 1.42. The fourth-order valence-corrected chi connectivity index (χ4v) is 7.27. The largest absolute Gasteiger partial charge is 0.331 e. The average Bonchev–Trinajstić information content (AvgIpc) is 3.24. The molecule has 0 unspecified atom stereocenters. The van der Waals surface area contributed by atoms with Gasteiger partial charge in [0.05, 0.1) is 0 Å². The number of nitrogens with zero attached hydrogens (tertiary/aromatic N) is 2. The molecule has 5 aliphatic rings. The Morgan fingerprint density at radius 3 is 2.50 bits per heavy atom. The number of carbonyl (C=O) groups is 2. The molecular weight excluding hydrogens is 346 g/mol. The van der Waals surface area contributed by atoms with Crippen molar-refractivity contribution in [1.29, 1.82) is 0 Å². The Kier molecular flexibility index (Phi) is 4.07. The number of rotatable bonds is 4. The lowest BCUT2D eigenvalue weighted by Crippen LogP contribution is -2.50. The van der Waals surface area contributed by atoms with Crippen LogP contribution in [0.4, 0.5) is 5.13 Å². The number of thiazole rings is 1. The molecule has 1 aromatic rings. The molecule has 6 heteroatoms. The SMILES string of the molecule is O=C(Nc1nccs1)[C@@H]1CCCN1C(=O)CC12CC3CC(CC(C3)C1)C2. The standard InChI is InChI=1S/C20H27N3O2S/c24-17(12-20-9-13-6-14(10-20)8-15(7-13)11-20)23-4-1-2-16(23)18(25)22-19-21-3-5-26-19/h3,5,13-16H,1-2,4,6-12H2,(H,21,22,25)/t13?,14?,15?,16-,20?/m0/s1. The third-order valence-electron chi connectivity index (χ3n) is 7.23. The minimum Gasteiger partial charge on any atom is -0.331 e. The minimum atomic E-state index is -0.319. The van der Waals surface area contributed by atoms with Crippen LogP contribution in [0.3, 0.4) is 0 Å². The Morgan fingerprint density at radius 2 is 1.88 bits per heavy atom. The average molecular weight is 374 g/mol. The van der Waals surface area contributed by atoms with E-state index in [4.69, 9.17) is 0 Å². The van der Waals surface area contributed by atoms with Crippen molar-refractivity contribution in [2.24, 2.45) is 23.2 Å². The van der Waals surface area contributed by atoms with E-state index in [1.165, 1.54) is 49.9 Å².